The van der Waals surface area contributed by atoms with Crippen LogP contribution in [0.3, 0.4) is 0 Å². The molecular weight excluding hydrogens is 380 g/mol. The van der Waals surface area contributed by atoms with Crippen molar-refractivity contribution in [3.8, 4) is 28.3 Å². The minimum Gasteiger partial charge on any atom is -0.456 e. The molecule has 2 heterocycles. The van der Waals surface area contributed by atoms with E-state index in [1.807, 2.05) is 36.4 Å². The van der Waals surface area contributed by atoms with Crippen molar-refractivity contribution in [1.29, 1.82) is 5.26 Å². The molecule has 0 fully saturated rings. The van der Waals surface area contributed by atoms with E-state index in [4.69, 9.17) is 4.42 Å². The van der Waals surface area contributed by atoms with Crippen LogP contribution in [-0.4, -0.2) is 4.98 Å². The van der Waals surface area contributed by atoms with Crippen LogP contribution in [0, 0.1) is 11.3 Å². The van der Waals surface area contributed by atoms with Gasteiger partial charge in [0.05, 0.1) is 0 Å². The molecule has 0 atom stereocenters. The maximum absolute atomic E-state index is 9.28. The molecule has 0 saturated carbocycles. The minimum atomic E-state index is 0.402. The average molecular weight is 396 g/mol. The molecular formula is C28H16N2O. The molecule has 0 amide bonds. The standard InChI is InChI=1S/C28H16N2O/c29-17-21-14-20(12-13-30-21)25-16-27-28(23-9-5-4-8-22(23)25)24-11-10-19(15-26(24)31-27)18-6-2-1-3-7-18/h1-16H. The number of pyridine rings is 1. The van der Waals surface area contributed by atoms with Gasteiger partial charge in [0.1, 0.15) is 22.9 Å². The van der Waals surface area contributed by atoms with E-state index in [0.29, 0.717) is 5.69 Å². The SMILES string of the molecule is N#Cc1cc(-c2cc3oc4cc(-c5ccccc5)ccc4c3c3ccccc23)ccn1. The van der Waals surface area contributed by atoms with E-state index in [1.54, 1.807) is 6.20 Å². The van der Waals surface area contributed by atoms with Gasteiger partial charge in [0.2, 0.25) is 0 Å². The zero-order valence-corrected chi connectivity index (χ0v) is 16.5. The van der Waals surface area contributed by atoms with E-state index in [9.17, 15) is 5.26 Å². The largest absolute Gasteiger partial charge is 0.456 e. The van der Waals surface area contributed by atoms with Crippen LogP contribution in [0.5, 0.6) is 0 Å². The molecule has 144 valence electrons. The molecule has 0 bridgehead atoms. The number of fused-ring (bicyclic) bond motifs is 5. The van der Waals surface area contributed by atoms with Gasteiger partial charge in [-0.25, -0.2) is 4.98 Å². The Morgan fingerprint density at radius 1 is 0.645 bits per heavy atom. The molecule has 6 aromatic rings. The lowest BCUT2D eigenvalue weighted by Crippen LogP contribution is -1.86. The summed E-state index contributed by atoms with van der Waals surface area (Å²) in [5, 5.41) is 13.8. The molecule has 0 radical (unpaired) electrons. The first-order valence-corrected chi connectivity index (χ1v) is 10.1. The van der Waals surface area contributed by atoms with Crippen molar-refractivity contribution in [3.05, 3.63) is 103 Å². The van der Waals surface area contributed by atoms with Gasteiger partial charge < -0.3 is 4.42 Å². The number of nitriles is 1. The summed E-state index contributed by atoms with van der Waals surface area (Å²) in [5.41, 5.74) is 6.38. The highest BCUT2D eigenvalue weighted by atomic mass is 16.3. The molecule has 4 aromatic carbocycles. The Morgan fingerprint density at radius 2 is 1.45 bits per heavy atom. The van der Waals surface area contributed by atoms with Crippen molar-refractivity contribution >= 4 is 32.7 Å². The van der Waals surface area contributed by atoms with Crippen molar-refractivity contribution < 1.29 is 4.42 Å². The second kappa shape index (κ2) is 6.83. The maximum Gasteiger partial charge on any atom is 0.141 e. The Hall–Kier alpha value is -4.42. The summed E-state index contributed by atoms with van der Waals surface area (Å²) in [4.78, 5) is 4.11. The van der Waals surface area contributed by atoms with Crippen LogP contribution in [0.1, 0.15) is 5.69 Å². The molecule has 31 heavy (non-hydrogen) atoms. The van der Waals surface area contributed by atoms with Crippen LogP contribution in [0.25, 0.3) is 55.0 Å². The summed E-state index contributed by atoms with van der Waals surface area (Å²) < 4.78 is 6.36. The van der Waals surface area contributed by atoms with Crippen LogP contribution in [0.4, 0.5) is 0 Å². The number of hydrogen-bond donors (Lipinski definition) is 0. The van der Waals surface area contributed by atoms with Crippen LogP contribution in [-0.2, 0) is 0 Å². The predicted octanol–water partition coefficient (Wildman–Crippen LogP) is 7.34. The monoisotopic (exact) mass is 396 g/mol. The zero-order chi connectivity index (χ0) is 20.8. The number of furan rings is 1. The Labute approximate surface area is 178 Å². The Balaban J connectivity index is 1.66. The molecule has 3 heteroatoms. The fourth-order valence-corrected chi connectivity index (χ4v) is 4.35. The van der Waals surface area contributed by atoms with Crippen molar-refractivity contribution in [3.63, 3.8) is 0 Å². The van der Waals surface area contributed by atoms with Gasteiger partial charge >= 0.3 is 0 Å². The Bertz CT molecular complexity index is 1640. The van der Waals surface area contributed by atoms with Crippen molar-refractivity contribution in [1.82, 2.24) is 4.98 Å². The van der Waals surface area contributed by atoms with Gasteiger partial charge in [-0.05, 0) is 63.4 Å². The third kappa shape index (κ3) is 2.78. The summed E-state index contributed by atoms with van der Waals surface area (Å²) in [6, 6.07) is 33.0. The quantitative estimate of drug-likeness (QED) is 0.308. The third-order valence-corrected chi connectivity index (χ3v) is 5.77. The van der Waals surface area contributed by atoms with Crippen molar-refractivity contribution in [2.75, 3.05) is 0 Å². The third-order valence-electron chi connectivity index (χ3n) is 5.77. The van der Waals surface area contributed by atoms with E-state index in [2.05, 4.69) is 65.7 Å². The molecule has 2 aromatic heterocycles. The predicted molar refractivity (Wildman–Crippen MR) is 125 cm³/mol. The van der Waals surface area contributed by atoms with Gasteiger partial charge in [-0.3, -0.25) is 0 Å². The normalized spacial score (nSPS) is 11.2. The number of benzene rings is 4. The fraction of sp³-hybridized carbons (Fsp3) is 0. The maximum atomic E-state index is 9.28. The van der Waals surface area contributed by atoms with E-state index >= 15 is 0 Å². The average Bonchev–Trinajstić information content (AvgIpc) is 3.22. The van der Waals surface area contributed by atoms with Crippen molar-refractivity contribution in [2.24, 2.45) is 0 Å². The van der Waals surface area contributed by atoms with E-state index in [-0.39, 0.29) is 0 Å². The lowest BCUT2D eigenvalue weighted by molar-refractivity contribution is 0.669. The van der Waals surface area contributed by atoms with Crippen molar-refractivity contribution in [2.45, 2.75) is 0 Å². The van der Waals surface area contributed by atoms with Gasteiger partial charge in [-0.2, -0.15) is 5.26 Å². The molecule has 0 aliphatic rings. The molecule has 0 spiro atoms. The summed E-state index contributed by atoms with van der Waals surface area (Å²) in [7, 11) is 0. The molecule has 3 nitrogen and oxygen atoms in total. The molecule has 0 saturated heterocycles. The fourth-order valence-electron chi connectivity index (χ4n) is 4.35. The molecule has 0 aliphatic heterocycles. The van der Waals surface area contributed by atoms with Crippen LogP contribution < -0.4 is 0 Å². The number of nitrogens with zero attached hydrogens (tertiary/aromatic N) is 2. The zero-order valence-electron chi connectivity index (χ0n) is 16.5. The number of rotatable bonds is 2. The second-order valence-corrected chi connectivity index (χ2v) is 7.56. The molecule has 0 unspecified atom stereocenters. The van der Waals surface area contributed by atoms with E-state index in [1.165, 1.54) is 0 Å². The summed E-state index contributed by atoms with van der Waals surface area (Å²) in [5.74, 6) is 0. The van der Waals surface area contributed by atoms with Gasteiger partial charge in [-0.1, -0.05) is 60.7 Å². The highest BCUT2D eigenvalue weighted by Crippen LogP contribution is 2.40. The summed E-state index contributed by atoms with van der Waals surface area (Å²) in [6.45, 7) is 0. The van der Waals surface area contributed by atoms with Crippen LogP contribution >= 0.6 is 0 Å². The summed E-state index contributed by atoms with van der Waals surface area (Å²) in [6.07, 6.45) is 1.68. The van der Waals surface area contributed by atoms with E-state index in [0.717, 1.165) is 55.0 Å². The lowest BCUT2D eigenvalue weighted by Gasteiger charge is -2.08. The Morgan fingerprint density at radius 3 is 2.29 bits per heavy atom. The van der Waals surface area contributed by atoms with Gasteiger partial charge in [0, 0.05) is 17.0 Å². The van der Waals surface area contributed by atoms with Gasteiger partial charge in [0.15, 0.2) is 0 Å². The smallest absolute Gasteiger partial charge is 0.141 e. The van der Waals surface area contributed by atoms with Crippen LogP contribution in [0.15, 0.2) is 102 Å². The Kier molecular flexibility index (Phi) is 3.84. The minimum absolute atomic E-state index is 0.402. The highest BCUT2D eigenvalue weighted by Gasteiger charge is 2.15. The van der Waals surface area contributed by atoms with Gasteiger partial charge in [0.25, 0.3) is 0 Å². The first-order valence-electron chi connectivity index (χ1n) is 10.1. The topological polar surface area (TPSA) is 49.8 Å². The van der Waals surface area contributed by atoms with Gasteiger partial charge in [-0.15, -0.1) is 0 Å². The highest BCUT2D eigenvalue weighted by molar-refractivity contribution is 6.22. The van der Waals surface area contributed by atoms with E-state index < -0.39 is 0 Å². The summed E-state index contributed by atoms with van der Waals surface area (Å²) >= 11 is 0. The van der Waals surface area contributed by atoms with Crippen LogP contribution in [0.2, 0.25) is 0 Å². The molecule has 0 N–H and O–H groups in total. The second-order valence-electron chi connectivity index (χ2n) is 7.56. The number of aromatic nitrogens is 1. The lowest BCUT2D eigenvalue weighted by atomic mass is 9.94. The molecule has 6 rings (SSSR count). The first kappa shape index (κ1) is 17.4. The first-order chi connectivity index (χ1) is 15.3. The number of hydrogen-bond acceptors (Lipinski definition) is 3. The molecule has 0 aliphatic carbocycles.